The van der Waals surface area contributed by atoms with E-state index in [9.17, 15) is 4.79 Å². The Labute approximate surface area is 134 Å². The van der Waals surface area contributed by atoms with Crippen LogP contribution in [0.4, 0.5) is 4.79 Å². The highest BCUT2D eigenvalue weighted by Crippen LogP contribution is 2.05. The minimum absolute atomic E-state index is 0.185. The number of ether oxygens (including phenoxy) is 4. The van der Waals surface area contributed by atoms with E-state index in [-0.39, 0.29) is 18.8 Å². The fourth-order valence-electron chi connectivity index (χ4n) is 1.76. The van der Waals surface area contributed by atoms with E-state index < -0.39 is 6.09 Å². The number of rotatable bonds is 13. The topological polar surface area (TPSA) is 66.0 Å². The molecule has 0 aromatic rings. The van der Waals surface area contributed by atoms with Gasteiger partial charge < -0.3 is 24.3 Å². The fraction of sp³-hybridized carbons (Fsp3) is 0.938. The Morgan fingerprint density at radius 2 is 1.82 bits per heavy atom. The molecule has 0 aliphatic heterocycles. The van der Waals surface area contributed by atoms with Gasteiger partial charge in [-0.25, -0.2) is 4.79 Å². The third kappa shape index (κ3) is 12.9. The quantitative estimate of drug-likeness (QED) is 0.529. The highest BCUT2D eigenvalue weighted by molar-refractivity contribution is 5.67. The Balaban J connectivity index is 3.55. The molecular formula is C16H33NO5. The molecule has 2 atom stereocenters. The Morgan fingerprint density at radius 3 is 2.41 bits per heavy atom. The zero-order chi connectivity index (χ0) is 16.8. The van der Waals surface area contributed by atoms with E-state index in [4.69, 9.17) is 18.9 Å². The molecule has 1 N–H and O–H groups in total. The van der Waals surface area contributed by atoms with Crippen LogP contribution in [0.2, 0.25) is 0 Å². The molecule has 6 heteroatoms. The number of carbonyl (C=O) groups excluding carboxylic acids is 1. The van der Waals surface area contributed by atoms with E-state index >= 15 is 0 Å². The number of amides is 1. The van der Waals surface area contributed by atoms with E-state index in [1.807, 2.05) is 0 Å². The predicted molar refractivity (Wildman–Crippen MR) is 86.1 cm³/mol. The number of alkyl carbamates (subject to hydrolysis) is 1. The lowest BCUT2D eigenvalue weighted by atomic mass is 10.1. The molecule has 6 nitrogen and oxygen atoms in total. The summed E-state index contributed by atoms with van der Waals surface area (Å²) in [7, 11) is 3.14. The van der Waals surface area contributed by atoms with Gasteiger partial charge in [0.25, 0.3) is 0 Å². The first-order valence-corrected chi connectivity index (χ1v) is 8.03. The SMILES string of the molecule is COCC(COC(=O)NCCCC(C)OCCC(C)C)OC. The van der Waals surface area contributed by atoms with Crippen molar-refractivity contribution in [3.63, 3.8) is 0 Å². The molecule has 0 radical (unpaired) electrons. The van der Waals surface area contributed by atoms with E-state index in [1.165, 1.54) is 0 Å². The maximum absolute atomic E-state index is 11.5. The van der Waals surface area contributed by atoms with Crippen LogP contribution in [0.25, 0.3) is 0 Å². The summed E-state index contributed by atoms with van der Waals surface area (Å²) in [6, 6.07) is 0. The summed E-state index contributed by atoms with van der Waals surface area (Å²) in [6.07, 6.45) is 2.43. The highest BCUT2D eigenvalue weighted by Gasteiger charge is 2.10. The number of hydrogen-bond donors (Lipinski definition) is 1. The van der Waals surface area contributed by atoms with Crippen molar-refractivity contribution < 1.29 is 23.7 Å². The van der Waals surface area contributed by atoms with Crippen molar-refractivity contribution >= 4 is 6.09 Å². The molecule has 2 unspecified atom stereocenters. The summed E-state index contributed by atoms with van der Waals surface area (Å²) in [5, 5.41) is 2.72. The van der Waals surface area contributed by atoms with Gasteiger partial charge in [-0.3, -0.25) is 0 Å². The Kier molecular flexibility index (Phi) is 13.3. The molecule has 132 valence electrons. The average molecular weight is 319 g/mol. The van der Waals surface area contributed by atoms with Gasteiger partial charge in [-0.2, -0.15) is 0 Å². The highest BCUT2D eigenvalue weighted by atomic mass is 16.6. The first kappa shape index (κ1) is 21.1. The second kappa shape index (κ2) is 13.8. The summed E-state index contributed by atoms with van der Waals surface area (Å²) < 4.78 is 20.8. The van der Waals surface area contributed by atoms with Crippen molar-refractivity contribution in [2.24, 2.45) is 5.92 Å². The van der Waals surface area contributed by atoms with E-state index in [2.05, 4.69) is 26.1 Å². The zero-order valence-electron chi connectivity index (χ0n) is 14.7. The largest absolute Gasteiger partial charge is 0.447 e. The number of carbonyl (C=O) groups is 1. The summed E-state index contributed by atoms with van der Waals surface area (Å²) in [4.78, 5) is 11.5. The first-order chi connectivity index (χ1) is 10.5. The van der Waals surface area contributed by atoms with E-state index in [0.717, 1.165) is 25.9 Å². The number of methoxy groups -OCH3 is 2. The van der Waals surface area contributed by atoms with Crippen LogP contribution in [-0.2, 0) is 18.9 Å². The molecular weight excluding hydrogens is 286 g/mol. The van der Waals surface area contributed by atoms with Gasteiger partial charge in [-0.1, -0.05) is 13.8 Å². The molecule has 0 aromatic heterocycles. The zero-order valence-corrected chi connectivity index (χ0v) is 14.7. The first-order valence-electron chi connectivity index (χ1n) is 8.03. The van der Waals surface area contributed by atoms with E-state index in [0.29, 0.717) is 19.1 Å². The third-order valence-electron chi connectivity index (χ3n) is 3.24. The van der Waals surface area contributed by atoms with Crippen LogP contribution in [0.5, 0.6) is 0 Å². The molecule has 0 saturated heterocycles. The molecule has 0 heterocycles. The van der Waals surface area contributed by atoms with Crippen molar-refractivity contribution in [3.8, 4) is 0 Å². The lowest BCUT2D eigenvalue weighted by molar-refractivity contribution is -0.0112. The van der Waals surface area contributed by atoms with Crippen LogP contribution >= 0.6 is 0 Å². The van der Waals surface area contributed by atoms with Crippen molar-refractivity contribution in [1.29, 1.82) is 0 Å². The van der Waals surface area contributed by atoms with Crippen molar-refractivity contribution in [2.75, 3.05) is 40.6 Å². The van der Waals surface area contributed by atoms with Gasteiger partial charge in [0.15, 0.2) is 0 Å². The predicted octanol–water partition coefficient (Wildman–Crippen LogP) is 2.61. The number of nitrogens with one attached hydrogen (secondary N) is 1. The maximum Gasteiger partial charge on any atom is 0.407 e. The van der Waals surface area contributed by atoms with Crippen LogP contribution < -0.4 is 5.32 Å². The molecule has 0 bridgehead atoms. The van der Waals surface area contributed by atoms with Crippen molar-refractivity contribution in [2.45, 2.75) is 52.2 Å². The van der Waals surface area contributed by atoms with Crippen LogP contribution in [0.3, 0.4) is 0 Å². The second-order valence-electron chi connectivity index (χ2n) is 5.84. The molecule has 0 aromatic carbocycles. The summed E-state index contributed by atoms with van der Waals surface area (Å²) >= 11 is 0. The molecule has 0 aliphatic carbocycles. The lowest BCUT2D eigenvalue weighted by Crippen LogP contribution is -2.31. The van der Waals surface area contributed by atoms with Crippen LogP contribution in [0, 0.1) is 5.92 Å². The second-order valence-corrected chi connectivity index (χ2v) is 5.84. The Hall–Kier alpha value is -0.850. The molecule has 0 saturated carbocycles. The van der Waals surface area contributed by atoms with Crippen molar-refractivity contribution in [1.82, 2.24) is 5.32 Å². The summed E-state index contributed by atoms with van der Waals surface area (Å²) in [5.74, 6) is 0.665. The number of hydrogen-bond acceptors (Lipinski definition) is 5. The van der Waals surface area contributed by atoms with E-state index in [1.54, 1.807) is 14.2 Å². The molecule has 1 amide bonds. The fourth-order valence-corrected chi connectivity index (χ4v) is 1.76. The maximum atomic E-state index is 11.5. The third-order valence-corrected chi connectivity index (χ3v) is 3.24. The van der Waals surface area contributed by atoms with Gasteiger partial charge >= 0.3 is 6.09 Å². The molecule has 0 spiro atoms. The molecule has 0 aliphatic rings. The van der Waals surface area contributed by atoms with Gasteiger partial charge in [-0.15, -0.1) is 0 Å². The van der Waals surface area contributed by atoms with Gasteiger partial charge in [-0.05, 0) is 32.1 Å². The molecule has 0 fully saturated rings. The monoisotopic (exact) mass is 319 g/mol. The lowest BCUT2D eigenvalue weighted by Gasteiger charge is -2.15. The van der Waals surface area contributed by atoms with Crippen LogP contribution in [-0.4, -0.2) is 58.9 Å². The van der Waals surface area contributed by atoms with Gasteiger partial charge in [0.1, 0.15) is 12.7 Å². The summed E-state index contributed by atoms with van der Waals surface area (Å²) in [6.45, 7) is 8.39. The smallest absolute Gasteiger partial charge is 0.407 e. The Morgan fingerprint density at radius 1 is 1.09 bits per heavy atom. The minimum atomic E-state index is -0.425. The Bertz CT molecular complexity index is 273. The van der Waals surface area contributed by atoms with Crippen LogP contribution in [0.15, 0.2) is 0 Å². The standard InChI is InChI=1S/C16H33NO5/c1-13(2)8-10-21-14(3)7-6-9-17-16(18)22-12-15(20-5)11-19-4/h13-15H,6-12H2,1-5H3,(H,17,18). The average Bonchev–Trinajstić information content (AvgIpc) is 2.47. The van der Waals surface area contributed by atoms with Gasteiger partial charge in [0, 0.05) is 27.4 Å². The van der Waals surface area contributed by atoms with Gasteiger partial charge in [0.05, 0.1) is 12.7 Å². The summed E-state index contributed by atoms with van der Waals surface area (Å²) in [5.41, 5.74) is 0. The van der Waals surface area contributed by atoms with Crippen LogP contribution in [0.1, 0.15) is 40.0 Å². The van der Waals surface area contributed by atoms with Crippen molar-refractivity contribution in [3.05, 3.63) is 0 Å². The minimum Gasteiger partial charge on any atom is -0.447 e. The molecule has 22 heavy (non-hydrogen) atoms. The molecule has 0 rings (SSSR count). The normalized spacial score (nSPS) is 13.9. The van der Waals surface area contributed by atoms with Gasteiger partial charge in [0.2, 0.25) is 0 Å².